The molecule has 0 bridgehead atoms. The third kappa shape index (κ3) is 2.14. The maximum atomic E-state index is 12.3. The monoisotopic (exact) mass is 285 g/mol. The van der Waals surface area contributed by atoms with Crippen molar-refractivity contribution in [3.8, 4) is 16.9 Å². The van der Waals surface area contributed by atoms with Crippen LogP contribution in [0.4, 0.5) is 0 Å². The number of aromatic amines is 1. The van der Waals surface area contributed by atoms with Gasteiger partial charge in [-0.3, -0.25) is 14.9 Å². The number of benzene rings is 1. The Balaban J connectivity index is 2.18. The summed E-state index contributed by atoms with van der Waals surface area (Å²) in [5, 5.41) is 3.70. The van der Waals surface area contributed by atoms with Crippen LogP contribution in [0, 0.1) is 6.92 Å². The molecule has 0 unspecified atom stereocenters. The van der Waals surface area contributed by atoms with Gasteiger partial charge in [0.1, 0.15) is 0 Å². The largest absolute Gasteiger partial charge is 0.290 e. The predicted molar refractivity (Wildman–Crippen MR) is 79.4 cm³/mol. The molecule has 0 spiro atoms. The van der Waals surface area contributed by atoms with Crippen LogP contribution in [0.2, 0.25) is 5.02 Å². The van der Waals surface area contributed by atoms with Crippen LogP contribution in [0.5, 0.6) is 0 Å². The van der Waals surface area contributed by atoms with E-state index in [2.05, 4.69) is 10.1 Å². The number of nitrogens with zero attached hydrogens (tertiary/aromatic N) is 2. The van der Waals surface area contributed by atoms with Crippen molar-refractivity contribution in [2.24, 2.45) is 0 Å². The Kier molecular flexibility index (Phi) is 3.16. The van der Waals surface area contributed by atoms with Crippen molar-refractivity contribution in [2.75, 3.05) is 0 Å². The van der Waals surface area contributed by atoms with Crippen LogP contribution in [-0.4, -0.2) is 14.8 Å². The predicted octanol–water partition coefficient (Wildman–Crippen LogP) is 3.19. The maximum absolute atomic E-state index is 12.3. The molecular weight excluding hydrogens is 274 g/mol. The van der Waals surface area contributed by atoms with Gasteiger partial charge in [-0.1, -0.05) is 17.7 Å². The highest BCUT2D eigenvalue weighted by Gasteiger charge is 2.13. The van der Waals surface area contributed by atoms with E-state index in [0.717, 1.165) is 11.3 Å². The smallest absolute Gasteiger partial charge is 0.274 e. The number of hydrogen-bond donors (Lipinski definition) is 1. The Bertz CT molecular complexity index is 805. The number of rotatable bonds is 2. The lowest BCUT2D eigenvalue weighted by molar-refractivity contribution is 0.851. The molecule has 0 saturated carbocycles. The lowest BCUT2D eigenvalue weighted by Gasteiger charge is -2.02. The summed E-state index contributed by atoms with van der Waals surface area (Å²) in [6.07, 6.45) is 3.42. The minimum Gasteiger partial charge on any atom is -0.290 e. The van der Waals surface area contributed by atoms with Gasteiger partial charge in [0.15, 0.2) is 0 Å². The molecule has 20 heavy (non-hydrogen) atoms. The summed E-state index contributed by atoms with van der Waals surface area (Å²) in [6, 6.07) is 10.9. The average molecular weight is 286 g/mol. The van der Waals surface area contributed by atoms with E-state index in [-0.39, 0.29) is 5.56 Å². The molecule has 4 nitrogen and oxygen atoms in total. The van der Waals surface area contributed by atoms with Crippen LogP contribution >= 0.6 is 11.6 Å². The van der Waals surface area contributed by atoms with Crippen LogP contribution in [0.25, 0.3) is 16.9 Å². The second-order valence-corrected chi connectivity index (χ2v) is 4.91. The molecule has 0 atom stereocenters. The molecule has 3 aromatic rings. The van der Waals surface area contributed by atoms with Crippen molar-refractivity contribution in [1.29, 1.82) is 0 Å². The Morgan fingerprint density at radius 3 is 2.80 bits per heavy atom. The fourth-order valence-corrected chi connectivity index (χ4v) is 2.29. The van der Waals surface area contributed by atoms with Gasteiger partial charge in [0.25, 0.3) is 5.56 Å². The quantitative estimate of drug-likeness (QED) is 0.786. The zero-order chi connectivity index (χ0) is 14.1. The molecule has 0 amide bonds. The van der Waals surface area contributed by atoms with Gasteiger partial charge in [-0.2, -0.15) is 0 Å². The van der Waals surface area contributed by atoms with Crippen molar-refractivity contribution in [2.45, 2.75) is 6.92 Å². The van der Waals surface area contributed by atoms with E-state index in [1.807, 2.05) is 24.3 Å². The Morgan fingerprint density at radius 1 is 1.25 bits per heavy atom. The molecule has 3 rings (SSSR count). The molecule has 2 aromatic heterocycles. The van der Waals surface area contributed by atoms with Crippen LogP contribution in [0.15, 0.2) is 53.6 Å². The summed E-state index contributed by atoms with van der Waals surface area (Å²) in [4.78, 5) is 16.4. The maximum Gasteiger partial charge on any atom is 0.274 e. The van der Waals surface area contributed by atoms with E-state index in [0.29, 0.717) is 16.3 Å². The zero-order valence-corrected chi connectivity index (χ0v) is 11.6. The first-order valence-electron chi connectivity index (χ1n) is 6.15. The van der Waals surface area contributed by atoms with Gasteiger partial charge < -0.3 is 0 Å². The first kappa shape index (κ1) is 12.7. The Morgan fingerprint density at radius 2 is 2.10 bits per heavy atom. The van der Waals surface area contributed by atoms with E-state index in [1.165, 1.54) is 4.68 Å². The molecule has 100 valence electrons. The molecule has 0 fully saturated rings. The number of pyridine rings is 1. The molecule has 0 aliphatic carbocycles. The fraction of sp³-hybridized carbons (Fsp3) is 0.0667. The second kappa shape index (κ2) is 4.98. The van der Waals surface area contributed by atoms with Gasteiger partial charge in [0.2, 0.25) is 0 Å². The van der Waals surface area contributed by atoms with Crippen LogP contribution in [0.1, 0.15) is 5.56 Å². The van der Waals surface area contributed by atoms with E-state index in [1.54, 1.807) is 31.5 Å². The number of nitrogens with one attached hydrogen (secondary N) is 1. The topological polar surface area (TPSA) is 50.7 Å². The third-order valence-electron chi connectivity index (χ3n) is 3.14. The highest BCUT2D eigenvalue weighted by Crippen LogP contribution is 2.20. The molecule has 1 aromatic carbocycles. The Hall–Kier alpha value is -2.33. The summed E-state index contributed by atoms with van der Waals surface area (Å²) in [5.41, 5.74) is 2.91. The minimum absolute atomic E-state index is 0.0916. The van der Waals surface area contributed by atoms with Crippen LogP contribution in [-0.2, 0) is 0 Å². The SMILES string of the molecule is Cc1c(-c2cccnc2)[nH]n(-c2cccc(Cl)c2)c1=O. The second-order valence-electron chi connectivity index (χ2n) is 4.47. The highest BCUT2D eigenvalue weighted by atomic mass is 35.5. The molecule has 0 aliphatic heterocycles. The molecule has 1 N–H and O–H groups in total. The summed E-state index contributed by atoms with van der Waals surface area (Å²) >= 11 is 5.97. The first-order chi connectivity index (χ1) is 9.66. The van der Waals surface area contributed by atoms with E-state index in [4.69, 9.17) is 11.6 Å². The Labute approximate surface area is 120 Å². The zero-order valence-electron chi connectivity index (χ0n) is 10.8. The number of aromatic nitrogens is 3. The molecule has 5 heteroatoms. The van der Waals surface area contributed by atoms with Gasteiger partial charge in [0.05, 0.1) is 11.4 Å². The van der Waals surface area contributed by atoms with Crippen molar-refractivity contribution >= 4 is 11.6 Å². The van der Waals surface area contributed by atoms with E-state index in [9.17, 15) is 4.79 Å². The standard InChI is InChI=1S/C15H12ClN3O/c1-10-14(11-4-3-7-17-9-11)18-19(15(10)20)13-6-2-5-12(16)8-13/h2-9,18H,1H3. The summed E-state index contributed by atoms with van der Waals surface area (Å²) in [5.74, 6) is 0. The van der Waals surface area contributed by atoms with Crippen molar-refractivity contribution in [1.82, 2.24) is 14.8 Å². The summed E-state index contributed by atoms with van der Waals surface area (Å²) < 4.78 is 1.49. The minimum atomic E-state index is -0.0916. The summed E-state index contributed by atoms with van der Waals surface area (Å²) in [7, 11) is 0. The molecule has 0 saturated heterocycles. The van der Waals surface area contributed by atoms with E-state index < -0.39 is 0 Å². The van der Waals surface area contributed by atoms with Gasteiger partial charge in [0, 0.05) is 28.5 Å². The lowest BCUT2D eigenvalue weighted by atomic mass is 10.1. The average Bonchev–Trinajstić information content (AvgIpc) is 2.76. The third-order valence-corrected chi connectivity index (χ3v) is 3.37. The van der Waals surface area contributed by atoms with Gasteiger partial charge in [-0.05, 0) is 37.3 Å². The normalized spacial score (nSPS) is 10.7. The van der Waals surface area contributed by atoms with Gasteiger partial charge >= 0.3 is 0 Å². The van der Waals surface area contributed by atoms with Crippen LogP contribution < -0.4 is 5.56 Å². The molecular formula is C15H12ClN3O. The molecule has 0 aliphatic rings. The first-order valence-corrected chi connectivity index (χ1v) is 6.52. The highest BCUT2D eigenvalue weighted by molar-refractivity contribution is 6.30. The molecule has 0 radical (unpaired) electrons. The number of halogens is 1. The summed E-state index contributed by atoms with van der Waals surface area (Å²) in [6.45, 7) is 1.79. The number of hydrogen-bond acceptors (Lipinski definition) is 2. The van der Waals surface area contributed by atoms with Gasteiger partial charge in [-0.25, -0.2) is 4.68 Å². The lowest BCUT2D eigenvalue weighted by Crippen LogP contribution is -2.15. The van der Waals surface area contributed by atoms with Crippen LogP contribution in [0.3, 0.4) is 0 Å². The van der Waals surface area contributed by atoms with E-state index >= 15 is 0 Å². The molecule has 2 heterocycles. The fourth-order valence-electron chi connectivity index (χ4n) is 2.11. The van der Waals surface area contributed by atoms with Crippen molar-refractivity contribution in [3.05, 3.63) is 69.7 Å². The van der Waals surface area contributed by atoms with Crippen molar-refractivity contribution in [3.63, 3.8) is 0 Å². The van der Waals surface area contributed by atoms with Crippen molar-refractivity contribution < 1.29 is 0 Å². The van der Waals surface area contributed by atoms with Gasteiger partial charge in [-0.15, -0.1) is 0 Å². The number of H-pyrrole nitrogens is 1.